The molecule has 2 N–H and O–H groups in total. The van der Waals surface area contributed by atoms with Crippen LogP contribution in [0.5, 0.6) is 5.75 Å². The highest BCUT2D eigenvalue weighted by molar-refractivity contribution is 6.30. The van der Waals surface area contributed by atoms with E-state index in [2.05, 4.69) is 5.32 Å². The number of ether oxygens (including phenoxy) is 1. The van der Waals surface area contributed by atoms with Gasteiger partial charge in [-0.1, -0.05) is 17.7 Å². The van der Waals surface area contributed by atoms with Gasteiger partial charge in [0, 0.05) is 24.8 Å². The first-order valence-corrected chi connectivity index (χ1v) is 11.4. The van der Waals surface area contributed by atoms with Crippen molar-refractivity contribution < 1.29 is 28.2 Å². The van der Waals surface area contributed by atoms with E-state index in [1.54, 1.807) is 4.90 Å². The molecule has 4 atom stereocenters. The number of benzene rings is 1. The molecule has 3 aliphatic rings. The monoisotopic (exact) mass is 493 g/mol. The number of morpholine rings is 1. The smallest absolute Gasteiger partial charge is 0.275 e. The average Bonchev–Trinajstić information content (AvgIpc) is 2.81. The number of carbonyl (C=O) groups is 2. The number of rotatable bonds is 3. The lowest BCUT2D eigenvalue weighted by molar-refractivity contribution is -0.132. The van der Waals surface area contributed by atoms with Crippen LogP contribution in [-0.4, -0.2) is 51.2 Å². The Morgan fingerprint density at radius 3 is 2.82 bits per heavy atom. The number of hydrogen-bond acceptors (Lipinski definition) is 5. The summed E-state index contributed by atoms with van der Waals surface area (Å²) >= 11 is 5.57. The third kappa shape index (κ3) is 3.47. The molecule has 180 valence electrons. The predicted octanol–water partition coefficient (Wildman–Crippen LogP) is 2.75. The zero-order valence-electron chi connectivity index (χ0n) is 18.2. The van der Waals surface area contributed by atoms with Crippen molar-refractivity contribution in [3.8, 4) is 5.75 Å². The molecule has 11 heteroatoms. The number of halogens is 3. The van der Waals surface area contributed by atoms with E-state index in [1.807, 2.05) is 6.92 Å². The maximum absolute atomic E-state index is 14.2. The highest BCUT2D eigenvalue weighted by Crippen LogP contribution is 2.42. The van der Waals surface area contributed by atoms with Crippen LogP contribution in [0, 0.1) is 11.6 Å². The second-order valence-corrected chi connectivity index (χ2v) is 9.30. The van der Waals surface area contributed by atoms with Crippen LogP contribution in [0.3, 0.4) is 0 Å². The Kier molecular flexibility index (Phi) is 5.60. The lowest BCUT2D eigenvalue weighted by Crippen LogP contribution is -2.64. The fraction of sp³-hybridized carbons (Fsp3) is 0.435. The number of amides is 2. The van der Waals surface area contributed by atoms with Crippen LogP contribution < -0.4 is 10.7 Å². The Morgan fingerprint density at radius 1 is 1.29 bits per heavy atom. The Hall–Kier alpha value is -2.98. The van der Waals surface area contributed by atoms with Crippen LogP contribution in [0.4, 0.5) is 8.78 Å². The van der Waals surface area contributed by atoms with Crippen molar-refractivity contribution in [2.45, 2.75) is 57.0 Å². The fourth-order valence-corrected chi connectivity index (χ4v) is 5.48. The molecule has 1 saturated carbocycles. The van der Waals surface area contributed by atoms with Gasteiger partial charge in [0.25, 0.3) is 11.8 Å². The third-order valence-corrected chi connectivity index (χ3v) is 7.16. The van der Waals surface area contributed by atoms with Crippen molar-refractivity contribution in [3.05, 3.63) is 62.0 Å². The van der Waals surface area contributed by atoms with Gasteiger partial charge >= 0.3 is 0 Å². The topological polar surface area (TPSA) is 101 Å². The van der Waals surface area contributed by atoms with E-state index in [-0.39, 0.29) is 47.7 Å². The van der Waals surface area contributed by atoms with Crippen LogP contribution in [-0.2, 0) is 11.3 Å². The molecule has 0 spiro atoms. The molecule has 1 unspecified atom stereocenters. The first kappa shape index (κ1) is 22.8. The van der Waals surface area contributed by atoms with Crippen molar-refractivity contribution in [2.75, 3.05) is 6.54 Å². The summed E-state index contributed by atoms with van der Waals surface area (Å²) in [5.74, 6) is -4.09. The number of pyridine rings is 1. The number of nitrogens with one attached hydrogen (secondary N) is 1. The largest absolute Gasteiger partial charge is 0.503 e. The zero-order valence-corrected chi connectivity index (χ0v) is 18.9. The van der Waals surface area contributed by atoms with Gasteiger partial charge in [-0.05, 0) is 32.3 Å². The summed E-state index contributed by atoms with van der Waals surface area (Å²) in [6.45, 7) is 1.86. The van der Waals surface area contributed by atoms with Crippen molar-refractivity contribution in [1.29, 1.82) is 0 Å². The molecule has 0 bridgehead atoms. The minimum absolute atomic E-state index is 0.0727. The van der Waals surface area contributed by atoms with Gasteiger partial charge in [-0.3, -0.25) is 14.4 Å². The van der Waals surface area contributed by atoms with Crippen molar-refractivity contribution >= 4 is 23.4 Å². The van der Waals surface area contributed by atoms with E-state index < -0.39 is 39.6 Å². The predicted molar refractivity (Wildman–Crippen MR) is 117 cm³/mol. The van der Waals surface area contributed by atoms with Crippen LogP contribution >= 0.6 is 11.6 Å². The maximum Gasteiger partial charge on any atom is 0.275 e. The van der Waals surface area contributed by atoms with E-state index in [0.29, 0.717) is 13.0 Å². The molecule has 2 fully saturated rings. The van der Waals surface area contributed by atoms with E-state index in [9.17, 15) is 28.3 Å². The van der Waals surface area contributed by atoms with Gasteiger partial charge in [-0.25, -0.2) is 8.78 Å². The maximum atomic E-state index is 14.2. The Morgan fingerprint density at radius 2 is 2.06 bits per heavy atom. The molecule has 1 aliphatic carbocycles. The number of aromatic hydroxyl groups is 1. The molecule has 8 nitrogen and oxygen atoms in total. The van der Waals surface area contributed by atoms with Crippen LogP contribution in [0.2, 0.25) is 5.02 Å². The van der Waals surface area contributed by atoms with E-state index in [0.717, 1.165) is 25.0 Å². The van der Waals surface area contributed by atoms with Gasteiger partial charge in [-0.15, -0.1) is 0 Å². The molecule has 0 radical (unpaired) electrons. The average molecular weight is 494 g/mol. The molecule has 2 aromatic rings. The minimum atomic E-state index is -1.02. The lowest BCUT2D eigenvalue weighted by atomic mass is 9.82. The highest BCUT2D eigenvalue weighted by Gasteiger charge is 2.50. The van der Waals surface area contributed by atoms with Crippen LogP contribution in [0.25, 0.3) is 0 Å². The second kappa shape index (κ2) is 8.35. The molecule has 34 heavy (non-hydrogen) atoms. The lowest BCUT2D eigenvalue weighted by Gasteiger charge is -2.53. The summed E-state index contributed by atoms with van der Waals surface area (Å²) < 4.78 is 35.1. The molecule has 2 aliphatic heterocycles. The number of nitrogens with zero attached hydrogens (tertiary/aromatic N) is 2. The third-order valence-electron chi connectivity index (χ3n) is 6.81. The number of fused-ring (bicyclic) bond motifs is 2. The molecule has 5 rings (SSSR count). The van der Waals surface area contributed by atoms with Crippen LogP contribution in [0.1, 0.15) is 58.6 Å². The first-order chi connectivity index (χ1) is 16.2. The number of carbonyl (C=O) groups excluding carboxylic acids is 2. The number of hydrogen-bond donors (Lipinski definition) is 2. The Balaban J connectivity index is 1.50. The Bertz CT molecular complexity index is 1270. The minimum Gasteiger partial charge on any atom is -0.503 e. The SMILES string of the molecule is C[C@@H]1CN2C(=O)c3c(O)c(=O)c(C(=O)NCc4ccc(F)c(Cl)c4F)cn3[C@@H]3CCC[C@@H](O1)C32. The van der Waals surface area contributed by atoms with Crippen molar-refractivity contribution in [2.24, 2.45) is 0 Å². The molecule has 1 saturated heterocycles. The summed E-state index contributed by atoms with van der Waals surface area (Å²) in [6.07, 6.45) is 3.22. The highest BCUT2D eigenvalue weighted by atomic mass is 35.5. The van der Waals surface area contributed by atoms with Crippen LogP contribution in [0.15, 0.2) is 23.1 Å². The quantitative estimate of drug-likeness (QED) is 0.640. The molecular weight excluding hydrogens is 472 g/mol. The summed E-state index contributed by atoms with van der Waals surface area (Å²) in [4.78, 5) is 40.6. The van der Waals surface area contributed by atoms with E-state index in [1.165, 1.54) is 10.8 Å². The Labute approximate surface area is 198 Å². The van der Waals surface area contributed by atoms with Crippen molar-refractivity contribution in [1.82, 2.24) is 14.8 Å². The standard InChI is InChI=1S/C23H22ClF2N3O5/c1-10-8-29-18-14(3-2-4-15(18)34-10)28-9-12(20(30)21(31)19(28)23(29)33)22(32)27-7-11-5-6-13(25)16(24)17(11)26/h5-6,9-10,14-15,18,31H,2-4,7-8H2,1H3,(H,27,32)/t10-,14-,15-,18?/m1/s1. The molecule has 3 heterocycles. The molecule has 1 aromatic carbocycles. The number of aromatic nitrogens is 1. The van der Waals surface area contributed by atoms with E-state index >= 15 is 0 Å². The van der Waals surface area contributed by atoms with Gasteiger partial charge in [-0.2, -0.15) is 0 Å². The van der Waals surface area contributed by atoms with Gasteiger partial charge in [0.15, 0.2) is 11.4 Å². The molecular formula is C23H22ClF2N3O5. The van der Waals surface area contributed by atoms with Gasteiger partial charge < -0.3 is 24.6 Å². The zero-order chi connectivity index (χ0) is 24.3. The summed E-state index contributed by atoms with van der Waals surface area (Å²) in [5.41, 5.74) is -1.60. The van der Waals surface area contributed by atoms with Gasteiger partial charge in [0.2, 0.25) is 5.43 Å². The fourth-order valence-electron chi connectivity index (χ4n) is 5.30. The molecule has 2 amide bonds. The first-order valence-electron chi connectivity index (χ1n) is 11.0. The van der Waals surface area contributed by atoms with Gasteiger partial charge in [0.05, 0.1) is 24.3 Å². The van der Waals surface area contributed by atoms with Crippen molar-refractivity contribution in [3.63, 3.8) is 0 Å². The normalized spacial score (nSPS) is 25.5. The second-order valence-electron chi connectivity index (χ2n) is 8.93. The summed E-state index contributed by atoms with van der Waals surface area (Å²) in [5, 5.41) is 12.4. The van der Waals surface area contributed by atoms with Gasteiger partial charge in [0.1, 0.15) is 22.2 Å². The summed E-state index contributed by atoms with van der Waals surface area (Å²) in [7, 11) is 0. The summed E-state index contributed by atoms with van der Waals surface area (Å²) in [6, 6.07) is 1.56. The molecule has 1 aromatic heterocycles. The van der Waals surface area contributed by atoms with E-state index in [4.69, 9.17) is 16.3 Å².